The van der Waals surface area contributed by atoms with Crippen LogP contribution in [-0.2, 0) is 23.7 Å². The number of aromatic nitrogens is 5. The number of anilines is 12. The summed E-state index contributed by atoms with van der Waals surface area (Å²) in [6, 6.07) is 112. The SMILES string of the molecule is CC1(C)c2ccccc2N(c2ccc3c4ccc(N5c6ccccc6C(C)(C)c6ccccc65)cc4c4nccnc4c3c2)c2ccccc21.c1ccc(-n2c(-c3ccc(N4c5ccccc5Cc5ccccc54)cc3)nnc2-c2ccc(N3c4ccccc4Cc4ccccc43)cc2)cc1. The average Bonchev–Trinajstić information content (AvgIpc) is 1.17. The third-order valence-corrected chi connectivity index (χ3v) is 21.4. The van der Waals surface area contributed by atoms with Gasteiger partial charge in [0.1, 0.15) is 0 Å². The van der Waals surface area contributed by atoms with Gasteiger partial charge < -0.3 is 19.6 Å². The summed E-state index contributed by atoms with van der Waals surface area (Å²) in [5.41, 5.74) is 29.4. The fourth-order valence-corrected chi connectivity index (χ4v) is 16.6. The van der Waals surface area contributed by atoms with E-state index >= 15 is 0 Å². The molecule has 0 aliphatic carbocycles. The van der Waals surface area contributed by atoms with E-state index in [0.29, 0.717) is 0 Å². The highest BCUT2D eigenvalue weighted by Gasteiger charge is 2.39. The zero-order valence-electron chi connectivity index (χ0n) is 56.5. The van der Waals surface area contributed by atoms with Crippen LogP contribution in [0.3, 0.4) is 0 Å². The number of nitrogens with zero attached hydrogens (tertiary/aromatic N) is 9. The molecule has 0 bridgehead atoms. The predicted molar refractivity (Wildman–Crippen MR) is 415 cm³/mol. The lowest BCUT2D eigenvalue weighted by Crippen LogP contribution is -2.30. The van der Waals surface area contributed by atoms with Crippen LogP contribution in [0.4, 0.5) is 68.2 Å². The molecule has 0 saturated carbocycles. The summed E-state index contributed by atoms with van der Waals surface area (Å²) in [7, 11) is 0. The van der Waals surface area contributed by atoms with E-state index in [1.54, 1.807) is 0 Å². The Balaban J connectivity index is 0.000000140. The molecule has 482 valence electrons. The summed E-state index contributed by atoms with van der Waals surface area (Å²) in [6.45, 7) is 9.31. The van der Waals surface area contributed by atoms with Gasteiger partial charge in [0, 0.05) is 109 Å². The number of fused-ring (bicyclic) bond motifs is 14. The van der Waals surface area contributed by atoms with Crippen LogP contribution in [0.15, 0.2) is 322 Å². The predicted octanol–water partition coefficient (Wildman–Crippen LogP) is 23.5. The molecule has 0 atom stereocenters. The highest BCUT2D eigenvalue weighted by atomic mass is 15.3. The number of hydrogen-bond acceptors (Lipinski definition) is 8. The van der Waals surface area contributed by atoms with E-state index < -0.39 is 0 Å². The molecular formula is C92H69N9. The van der Waals surface area contributed by atoms with Gasteiger partial charge in [-0.2, -0.15) is 0 Å². The van der Waals surface area contributed by atoms with Gasteiger partial charge in [0.15, 0.2) is 11.6 Å². The Morgan fingerprint density at radius 1 is 0.257 bits per heavy atom. The highest BCUT2D eigenvalue weighted by molar-refractivity contribution is 6.24. The monoisotopic (exact) mass is 1300 g/mol. The van der Waals surface area contributed by atoms with Crippen molar-refractivity contribution in [1.29, 1.82) is 0 Å². The van der Waals surface area contributed by atoms with E-state index in [0.717, 1.165) is 85.9 Å². The summed E-state index contributed by atoms with van der Waals surface area (Å²) in [6.07, 6.45) is 5.50. The van der Waals surface area contributed by atoms with Crippen molar-refractivity contribution in [3.63, 3.8) is 0 Å². The molecular weight excluding hydrogens is 1230 g/mol. The fraction of sp³-hybridized carbons (Fsp3) is 0.0870. The molecule has 0 amide bonds. The molecule has 0 fully saturated rings. The van der Waals surface area contributed by atoms with E-state index in [2.05, 4.69) is 355 Å². The van der Waals surface area contributed by atoms with E-state index in [1.807, 2.05) is 18.5 Å². The molecule has 0 unspecified atom stereocenters. The molecule has 0 saturated heterocycles. The number of benzene rings is 14. The largest absolute Gasteiger partial charge is 0.310 e. The number of para-hydroxylation sites is 9. The van der Waals surface area contributed by atoms with Crippen molar-refractivity contribution in [2.24, 2.45) is 0 Å². The van der Waals surface area contributed by atoms with Crippen LogP contribution in [0, 0.1) is 0 Å². The maximum atomic E-state index is 5.00. The minimum atomic E-state index is -0.113. The van der Waals surface area contributed by atoms with E-state index in [9.17, 15) is 0 Å². The molecule has 2 aromatic heterocycles. The summed E-state index contributed by atoms with van der Waals surface area (Å²) < 4.78 is 2.17. The van der Waals surface area contributed by atoms with Gasteiger partial charge in [0.25, 0.3) is 0 Å². The van der Waals surface area contributed by atoms with Crippen molar-refractivity contribution in [3.8, 4) is 28.5 Å². The molecule has 9 heteroatoms. The third-order valence-electron chi connectivity index (χ3n) is 21.4. The Kier molecular flexibility index (Phi) is 13.9. The van der Waals surface area contributed by atoms with Crippen LogP contribution < -0.4 is 19.6 Å². The molecule has 101 heavy (non-hydrogen) atoms. The Morgan fingerprint density at radius 2 is 0.545 bits per heavy atom. The molecule has 4 aliphatic heterocycles. The maximum absolute atomic E-state index is 5.00. The van der Waals surface area contributed by atoms with E-state index in [-0.39, 0.29) is 10.8 Å². The molecule has 16 aromatic rings. The lowest BCUT2D eigenvalue weighted by Gasteiger charge is -2.42. The fourth-order valence-electron chi connectivity index (χ4n) is 16.6. The molecule has 0 N–H and O–H groups in total. The normalized spacial score (nSPS) is 14.1. The van der Waals surface area contributed by atoms with Gasteiger partial charge in [-0.25, -0.2) is 0 Å². The van der Waals surface area contributed by atoms with E-state index in [1.165, 1.54) is 101 Å². The van der Waals surface area contributed by atoms with Crippen molar-refractivity contribution in [2.45, 2.75) is 51.4 Å². The second-order valence-electron chi connectivity index (χ2n) is 27.9. The Hall–Kier alpha value is -12.7. The highest BCUT2D eigenvalue weighted by Crippen LogP contribution is 2.55. The van der Waals surface area contributed by atoms with Crippen molar-refractivity contribution in [3.05, 3.63) is 366 Å². The summed E-state index contributed by atoms with van der Waals surface area (Å²) >= 11 is 0. The van der Waals surface area contributed by atoms with Crippen LogP contribution in [0.2, 0.25) is 0 Å². The van der Waals surface area contributed by atoms with Gasteiger partial charge >= 0.3 is 0 Å². The lowest BCUT2D eigenvalue weighted by atomic mass is 9.73. The lowest BCUT2D eigenvalue weighted by molar-refractivity contribution is 0.632. The quantitative estimate of drug-likeness (QED) is 0.146. The van der Waals surface area contributed by atoms with Gasteiger partial charge in [-0.15, -0.1) is 10.2 Å². The molecule has 20 rings (SSSR count). The first-order chi connectivity index (χ1) is 49.6. The molecule has 0 spiro atoms. The van der Waals surface area contributed by atoms with Crippen LogP contribution in [0.5, 0.6) is 0 Å². The van der Waals surface area contributed by atoms with Gasteiger partial charge in [-0.3, -0.25) is 14.5 Å². The van der Waals surface area contributed by atoms with Crippen LogP contribution >= 0.6 is 0 Å². The molecule has 6 heterocycles. The smallest absolute Gasteiger partial charge is 0.168 e. The van der Waals surface area contributed by atoms with Crippen LogP contribution in [0.25, 0.3) is 61.0 Å². The zero-order chi connectivity index (χ0) is 67.5. The van der Waals surface area contributed by atoms with Gasteiger partial charge in [0.05, 0.1) is 33.8 Å². The molecule has 14 aromatic carbocycles. The minimum absolute atomic E-state index is 0.113. The molecule has 0 radical (unpaired) electrons. The first kappa shape index (κ1) is 59.5. The van der Waals surface area contributed by atoms with Crippen LogP contribution in [0.1, 0.15) is 72.2 Å². The number of hydrogen-bond donors (Lipinski definition) is 0. The zero-order valence-corrected chi connectivity index (χ0v) is 56.5. The third kappa shape index (κ3) is 9.59. The minimum Gasteiger partial charge on any atom is -0.310 e. The second kappa shape index (κ2) is 23.5. The first-order valence-electron chi connectivity index (χ1n) is 34.9. The topological polar surface area (TPSA) is 69.5 Å². The van der Waals surface area contributed by atoms with Gasteiger partial charge in [0.2, 0.25) is 0 Å². The summed E-state index contributed by atoms with van der Waals surface area (Å²) in [5, 5.41) is 14.2. The van der Waals surface area contributed by atoms with Crippen molar-refractivity contribution < 1.29 is 0 Å². The Labute approximate surface area is 587 Å². The van der Waals surface area contributed by atoms with Crippen molar-refractivity contribution in [1.82, 2.24) is 24.7 Å². The molecule has 4 aliphatic rings. The van der Waals surface area contributed by atoms with Crippen molar-refractivity contribution in [2.75, 3.05) is 19.6 Å². The van der Waals surface area contributed by atoms with Crippen molar-refractivity contribution >= 4 is 101 Å². The summed E-state index contributed by atoms with van der Waals surface area (Å²) in [5.74, 6) is 1.59. The maximum Gasteiger partial charge on any atom is 0.168 e. The number of rotatable bonds is 7. The summed E-state index contributed by atoms with van der Waals surface area (Å²) in [4.78, 5) is 19.6. The van der Waals surface area contributed by atoms with Gasteiger partial charge in [-0.1, -0.05) is 204 Å². The standard InChI is InChI=1S/C46H33N5.C46H36N4/c1-2-16-38(17-3-1)51-45(32-22-26-39(27-23-32)49-41-18-8-4-12-34(41)30-35-13-5-9-19-42(35)49)47-48-46(51)33-24-28-40(29-25-33)50-43-20-10-6-14-36(43)31-37-15-7-11-21-44(37)50;1-45(2)35-13-5-9-17-39(35)49(40-18-10-6-14-36(40)45)29-21-23-31-32-24-22-30(28-34(32)44-43(33(31)27-29)47-25-26-48-44)50-41-19-11-7-15-37(41)46(3,4)38-16-8-12-20-42(38)50/h1-29H,30-31H2;5-28H,1-4H3. The van der Waals surface area contributed by atoms with E-state index in [4.69, 9.17) is 20.2 Å². The molecule has 9 nitrogen and oxygen atoms in total. The Bertz CT molecular complexity index is 5400. The van der Waals surface area contributed by atoms with Crippen LogP contribution in [-0.4, -0.2) is 24.7 Å². The average molecular weight is 1300 g/mol. The second-order valence-corrected chi connectivity index (χ2v) is 27.9. The Morgan fingerprint density at radius 3 is 0.891 bits per heavy atom. The van der Waals surface area contributed by atoms with Gasteiger partial charge in [-0.05, 0) is 189 Å². The first-order valence-corrected chi connectivity index (χ1v) is 34.9.